The van der Waals surface area contributed by atoms with E-state index in [4.69, 9.17) is 18.9 Å². The minimum atomic E-state index is -1.06. The predicted molar refractivity (Wildman–Crippen MR) is 174 cm³/mol. The number of carbonyl (C=O) groups is 2. The first-order valence-electron chi connectivity index (χ1n) is 17.3. The van der Waals surface area contributed by atoms with Gasteiger partial charge in [0.1, 0.15) is 17.8 Å². The molecule has 45 heavy (non-hydrogen) atoms. The fourth-order valence-corrected chi connectivity index (χ4v) is 7.31. The van der Waals surface area contributed by atoms with Crippen LogP contribution in [0.25, 0.3) is 0 Å². The van der Waals surface area contributed by atoms with E-state index in [0.29, 0.717) is 25.7 Å². The van der Waals surface area contributed by atoms with Gasteiger partial charge in [0.15, 0.2) is 12.1 Å². The molecule has 0 aromatic heterocycles. The van der Waals surface area contributed by atoms with Crippen LogP contribution < -0.4 is 0 Å². The molecule has 3 heterocycles. The number of aliphatic hydroxyl groups is 2. The summed E-state index contributed by atoms with van der Waals surface area (Å²) < 4.78 is 24.9. The average Bonchev–Trinajstić information content (AvgIpc) is 3.68. The minimum Gasteiger partial charge on any atom is -0.462 e. The van der Waals surface area contributed by atoms with Crippen LogP contribution in [0.5, 0.6) is 0 Å². The van der Waals surface area contributed by atoms with Crippen LogP contribution in [0.1, 0.15) is 87.5 Å². The first kappa shape index (κ1) is 38.1. The van der Waals surface area contributed by atoms with Gasteiger partial charge in [-0.15, -0.1) is 0 Å². The van der Waals surface area contributed by atoms with Gasteiger partial charge in [-0.3, -0.25) is 9.59 Å². The monoisotopic (exact) mass is 638 g/mol. The molecule has 1 unspecified atom stereocenters. The lowest BCUT2D eigenvalue weighted by Crippen LogP contribution is -2.56. The van der Waals surface area contributed by atoms with Crippen molar-refractivity contribution in [3.8, 4) is 0 Å². The van der Waals surface area contributed by atoms with Crippen LogP contribution in [-0.4, -0.2) is 120 Å². The molecule has 0 bridgehead atoms. The molecule has 0 aliphatic carbocycles. The maximum atomic E-state index is 13.5. The topological polar surface area (TPSA) is 121 Å². The predicted octanol–water partition coefficient (Wildman–Crippen LogP) is 3.81. The van der Waals surface area contributed by atoms with Crippen molar-refractivity contribution in [2.45, 2.75) is 142 Å². The van der Waals surface area contributed by atoms with Gasteiger partial charge in [0, 0.05) is 23.8 Å². The Morgan fingerprint density at radius 3 is 2.29 bits per heavy atom. The Balaban J connectivity index is 2.01. The summed E-state index contributed by atoms with van der Waals surface area (Å²) in [6, 6.07) is -0.164. The highest BCUT2D eigenvalue weighted by atomic mass is 16.7. The zero-order valence-electron chi connectivity index (χ0n) is 29.5. The number of ketones is 1. The molecule has 2 N–H and O–H groups in total. The summed E-state index contributed by atoms with van der Waals surface area (Å²) in [4.78, 5) is 31.1. The molecule has 3 rings (SSSR count). The van der Waals surface area contributed by atoms with Crippen molar-refractivity contribution in [1.29, 1.82) is 0 Å². The van der Waals surface area contributed by atoms with Crippen molar-refractivity contribution in [3.05, 3.63) is 12.2 Å². The number of carbonyl (C=O) groups excluding carboxylic acids is 2. The van der Waals surface area contributed by atoms with Crippen LogP contribution in [-0.2, 0) is 28.5 Å². The number of esters is 1. The molecule has 0 aromatic carbocycles. The van der Waals surface area contributed by atoms with Crippen molar-refractivity contribution in [1.82, 2.24) is 9.80 Å². The molecule has 0 spiro atoms. The van der Waals surface area contributed by atoms with E-state index in [-0.39, 0.29) is 54.3 Å². The molecule has 0 saturated carbocycles. The summed E-state index contributed by atoms with van der Waals surface area (Å²) in [7, 11) is 3.86. The molecule has 13 atom stereocenters. The van der Waals surface area contributed by atoms with E-state index in [9.17, 15) is 19.8 Å². The van der Waals surface area contributed by atoms with Crippen molar-refractivity contribution >= 4 is 11.8 Å². The lowest BCUT2D eigenvalue weighted by molar-refractivity contribution is -0.283. The SMILES string of the molecule is CC[C@H]1OC(=O)CC(O)[C@H](C)[C@@H](O[C@@H]2O[C@H](C)C[C@H](N(C)C)[C@H]2O)[C@@H](CCN(CC)CC)C[C@@H](C)C(=O)/C=C/[C@]2(C)O[C@H]2[C@@H]1C. The second-order valence-corrected chi connectivity index (χ2v) is 14.3. The summed E-state index contributed by atoms with van der Waals surface area (Å²) >= 11 is 0. The van der Waals surface area contributed by atoms with Gasteiger partial charge in [0.2, 0.25) is 0 Å². The Morgan fingerprint density at radius 2 is 1.69 bits per heavy atom. The quantitative estimate of drug-likeness (QED) is 0.285. The summed E-state index contributed by atoms with van der Waals surface area (Å²) in [6.45, 7) is 18.5. The van der Waals surface area contributed by atoms with Gasteiger partial charge in [-0.25, -0.2) is 0 Å². The highest BCUT2D eigenvalue weighted by Crippen LogP contribution is 2.45. The standard InChI is InChI=1S/C35H62N2O8/c1-11-29-24(7)33-35(8,45-33)16-14-27(38)21(4)18-25(15-17-37(12-2)13-3)32(23(6)28(39)20-30(40)43-29)44-34-31(41)26(36(9)10)19-22(5)42-34/h14,16,21-26,28-29,31-34,39,41H,11-13,15,17-20H2,1-10H3/b16-14+/t21-,22-,23+,24-,25+,26+,28?,29-,31-,32-,33+,34+,35+/m1/s1. The summed E-state index contributed by atoms with van der Waals surface area (Å²) in [6.07, 6.45) is 1.62. The van der Waals surface area contributed by atoms with Gasteiger partial charge in [-0.2, -0.15) is 0 Å². The second-order valence-electron chi connectivity index (χ2n) is 14.3. The zero-order valence-corrected chi connectivity index (χ0v) is 29.5. The second kappa shape index (κ2) is 16.6. The van der Waals surface area contributed by atoms with E-state index in [1.807, 2.05) is 66.6 Å². The van der Waals surface area contributed by atoms with Crippen LogP contribution in [0, 0.1) is 23.7 Å². The number of rotatable bonds is 9. The molecule has 3 aliphatic heterocycles. The van der Waals surface area contributed by atoms with Crippen LogP contribution >= 0.6 is 0 Å². The number of allylic oxidation sites excluding steroid dienone is 1. The Bertz CT molecular complexity index is 989. The number of ether oxygens (including phenoxy) is 4. The highest BCUT2D eigenvalue weighted by Gasteiger charge is 2.55. The van der Waals surface area contributed by atoms with E-state index in [0.717, 1.165) is 19.6 Å². The average molecular weight is 639 g/mol. The van der Waals surface area contributed by atoms with Gasteiger partial charge in [0.25, 0.3) is 0 Å². The fraction of sp³-hybridized carbons (Fsp3) is 0.886. The largest absolute Gasteiger partial charge is 0.462 e. The lowest BCUT2D eigenvalue weighted by Gasteiger charge is -2.44. The van der Waals surface area contributed by atoms with E-state index < -0.39 is 42.1 Å². The van der Waals surface area contributed by atoms with E-state index >= 15 is 0 Å². The fourth-order valence-electron chi connectivity index (χ4n) is 7.31. The normalized spacial score (nSPS) is 42.8. The molecule has 2 saturated heterocycles. The molecule has 10 nitrogen and oxygen atoms in total. The Labute approximate surface area is 271 Å². The van der Waals surface area contributed by atoms with Gasteiger partial charge >= 0.3 is 5.97 Å². The molecular formula is C35H62N2O8. The zero-order chi connectivity index (χ0) is 33.6. The number of hydrogen-bond donors (Lipinski definition) is 2. The number of epoxide rings is 1. The molecule has 2 fully saturated rings. The molecule has 0 aromatic rings. The molecule has 0 amide bonds. The molecule has 3 aliphatic rings. The number of hydrogen-bond acceptors (Lipinski definition) is 10. The minimum absolute atomic E-state index is 0.0127. The third kappa shape index (κ3) is 9.81. The van der Waals surface area contributed by atoms with Crippen LogP contribution in [0.2, 0.25) is 0 Å². The van der Waals surface area contributed by atoms with Crippen LogP contribution in [0.4, 0.5) is 0 Å². The van der Waals surface area contributed by atoms with Crippen LogP contribution in [0.3, 0.4) is 0 Å². The van der Waals surface area contributed by atoms with Crippen molar-refractivity contribution < 1.29 is 38.7 Å². The van der Waals surface area contributed by atoms with E-state index in [1.54, 1.807) is 6.08 Å². The first-order chi connectivity index (χ1) is 21.1. The number of likely N-dealkylation sites (N-methyl/N-ethyl adjacent to an activating group) is 1. The number of aliphatic hydroxyl groups excluding tert-OH is 2. The van der Waals surface area contributed by atoms with Gasteiger partial charge < -0.3 is 39.0 Å². The van der Waals surface area contributed by atoms with Gasteiger partial charge in [-0.05, 0) is 91.3 Å². The molecular weight excluding hydrogens is 576 g/mol. The number of fused-ring (bicyclic) bond motifs is 1. The molecule has 10 heteroatoms. The maximum Gasteiger partial charge on any atom is 0.308 e. The number of nitrogens with zero attached hydrogens (tertiary/aromatic N) is 2. The van der Waals surface area contributed by atoms with E-state index in [2.05, 4.69) is 18.7 Å². The lowest BCUT2D eigenvalue weighted by atomic mass is 9.79. The Kier molecular flexibility index (Phi) is 14.1. The van der Waals surface area contributed by atoms with Gasteiger partial charge in [0.05, 0.1) is 30.8 Å². The number of cyclic esters (lactones) is 1. The molecule has 0 radical (unpaired) electrons. The van der Waals surface area contributed by atoms with Crippen molar-refractivity contribution in [2.75, 3.05) is 33.7 Å². The van der Waals surface area contributed by atoms with Crippen molar-refractivity contribution in [2.24, 2.45) is 23.7 Å². The van der Waals surface area contributed by atoms with Crippen molar-refractivity contribution in [3.63, 3.8) is 0 Å². The van der Waals surface area contributed by atoms with Gasteiger partial charge in [-0.1, -0.05) is 41.5 Å². The highest BCUT2D eigenvalue weighted by molar-refractivity contribution is 5.91. The first-order valence-corrected chi connectivity index (χ1v) is 17.3. The summed E-state index contributed by atoms with van der Waals surface area (Å²) in [5, 5.41) is 22.9. The summed E-state index contributed by atoms with van der Waals surface area (Å²) in [5.41, 5.74) is -0.596. The Hall–Kier alpha value is -1.40. The molecule has 260 valence electrons. The maximum absolute atomic E-state index is 13.5. The Morgan fingerprint density at radius 1 is 1.02 bits per heavy atom. The third-order valence-electron chi connectivity index (χ3n) is 10.6. The smallest absolute Gasteiger partial charge is 0.308 e. The third-order valence-corrected chi connectivity index (χ3v) is 10.6. The summed E-state index contributed by atoms with van der Waals surface area (Å²) in [5.74, 6) is -1.53. The van der Waals surface area contributed by atoms with E-state index in [1.165, 1.54) is 0 Å². The van der Waals surface area contributed by atoms with Crippen LogP contribution in [0.15, 0.2) is 12.2 Å².